The van der Waals surface area contributed by atoms with Gasteiger partial charge in [0.15, 0.2) is 66.1 Å². The topological polar surface area (TPSA) is 355 Å². The molecule has 6 aromatic rings. The summed E-state index contributed by atoms with van der Waals surface area (Å²) in [6.07, 6.45) is -1.31. The maximum atomic E-state index is 13.9. The quantitative estimate of drug-likeness (QED) is 0.0197. The fourth-order valence-corrected chi connectivity index (χ4v) is 10.8. The predicted molar refractivity (Wildman–Crippen MR) is 383 cm³/mol. The molecule has 0 unspecified atom stereocenters. The van der Waals surface area contributed by atoms with Gasteiger partial charge in [-0.1, -0.05) is 18.2 Å². The van der Waals surface area contributed by atoms with Crippen molar-refractivity contribution in [2.75, 3.05) is 126 Å². The molecule has 586 valence electrons. The third-order valence-electron chi connectivity index (χ3n) is 15.3. The molecule has 16 rings (SSSR count). The Hall–Kier alpha value is -12.0. The van der Waals surface area contributed by atoms with Crippen molar-refractivity contribution in [3.8, 4) is 63.2 Å². The Labute approximate surface area is 629 Å². The number of hydrogen-bond acceptors (Lipinski definition) is 30. The summed E-state index contributed by atoms with van der Waals surface area (Å²) in [4.78, 5) is 134. The summed E-state index contributed by atoms with van der Waals surface area (Å²) in [5.41, 5.74) is 2.23. The van der Waals surface area contributed by atoms with Gasteiger partial charge in [0.25, 0.3) is 0 Å². The zero-order valence-electron chi connectivity index (χ0n) is 62.4. The van der Waals surface area contributed by atoms with E-state index in [-0.39, 0.29) is 210 Å². The van der Waals surface area contributed by atoms with E-state index >= 15 is 0 Å². The first kappa shape index (κ1) is 84.3. The van der Waals surface area contributed by atoms with Gasteiger partial charge < -0.3 is 94.7 Å². The Morgan fingerprint density at radius 3 is 0.486 bits per heavy atom. The van der Waals surface area contributed by atoms with E-state index in [2.05, 4.69) is 0 Å². The van der Waals surface area contributed by atoms with E-state index in [0.717, 1.165) is 0 Å². The van der Waals surface area contributed by atoms with Gasteiger partial charge in [0, 0.05) is 87.7 Å². The molecule has 6 aromatic carbocycles. The van der Waals surface area contributed by atoms with E-state index in [9.17, 15) is 47.9 Å². The maximum absolute atomic E-state index is 13.9. The van der Waals surface area contributed by atoms with Crippen molar-refractivity contribution in [1.82, 2.24) is 0 Å². The zero-order valence-corrected chi connectivity index (χ0v) is 62.4. The van der Waals surface area contributed by atoms with Gasteiger partial charge in [0.2, 0.25) is 0 Å². The first-order chi connectivity index (χ1) is 52.7. The van der Waals surface area contributed by atoms with Crippen LogP contribution < -0.4 is 52.1 Å². The van der Waals surface area contributed by atoms with E-state index < -0.39 is 126 Å². The molecular formula is C79H90O30. The number of esters is 10. The summed E-state index contributed by atoms with van der Waals surface area (Å²) in [6, 6.07) is 23.3. The molecule has 30 heteroatoms. The first-order valence-corrected chi connectivity index (χ1v) is 35.4. The number of hydrogen-bond donors (Lipinski definition) is 0. The number of rotatable bonds is 40. The highest BCUT2D eigenvalue weighted by atomic mass is 16.6. The lowest BCUT2D eigenvalue weighted by molar-refractivity contribution is -0.146. The maximum Gasteiger partial charge on any atom is 0.349 e. The van der Waals surface area contributed by atoms with Crippen molar-refractivity contribution >= 4 is 59.7 Å². The van der Waals surface area contributed by atoms with E-state index in [1.807, 2.05) is 0 Å². The van der Waals surface area contributed by atoms with E-state index in [0.29, 0.717) is 0 Å². The molecule has 0 spiro atoms. The Bertz CT molecular complexity index is 3990. The van der Waals surface area contributed by atoms with Crippen LogP contribution in [0.3, 0.4) is 0 Å². The van der Waals surface area contributed by atoms with Gasteiger partial charge in [-0.05, 0) is 135 Å². The second-order valence-corrected chi connectivity index (χ2v) is 23.1. The van der Waals surface area contributed by atoms with Crippen molar-refractivity contribution in [2.45, 2.75) is 94.4 Å². The van der Waals surface area contributed by atoms with Crippen LogP contribution in [0.4, 0.5) is 0 Å². The van der Waals surface area contributed by atoms with Crippen LogP contribution in [0, 0.1) is 0 Å². The van der Waals surface area contributed by atoms with E-state index in [1.165, 1.54) is 60.7 Å². The number of carbonyl (C=O) groups is 10. The SMILES string of the molecule is CCOC(=O)COc1cc2c(OCC(=O)OCC)cc1Cc1cc(OCC(=O)OCC)c(cc1OCC(=O)OCC)Cc1cc(OCC(=O)OCC)c(cc1OCC(=O)OCC)Cc1cc(OCC(=O)OCC)c(cc1OCC(=O)Oc1ccccc1)Cc1cc(OCC(=O)OCC)c(cc1OCC(=O)OCC)C2. The molecule has 0 fully saturated rings. The summed E-state index contributed by atoms with van der Waals surface area (Å²) >= 11 is 0. The number of ether oxygens (including phenoxy) is 20. The number of benzene rings is 6. The fourth-order valence-electron chi connectivity index (χ4n) is 10.8. The van der Waals surface area contributed by atoms with Crippen LogP contribution >= 0.6 is 0 Å². The normalized spacial score (nSPS) is 11.3. The molecule has 0 atom stereocenters. The molecule has 109 heavy (non-hydrogen) atoms. The molecule has 0 amide bonds. The predicted octanol–water partition coefficient (Wildman–Crippen LogP) is 8.42. The number of para-hydroxylation sites is 1. The molecular weight excluding hydrogens is 1430 g/mol. The average molecular weight is 1520 g/mol. The van der Waals surface area contributed by atoms with Gasteiger partial charge in [-0.15, -0.1) is 0 Å². The van der Waals surface area contributed by atoms with Gasteiger partial charge in [-0.3, -0.25) is 0 Å². The van der Waals surface area contributed by atoms with Crippen LogP contribution in [0.1, 0.15) is 118 Å². The van der Waals surface area contributed by atoms with Crippen LogP contribution in [0.2, 0.25) is 0 Å². The molecule has 0 radical (unpaired) electrons. The zero-order chi connectivity index (χ0) is 78.6. The molecule has 0 saturated carbocycles. The van der Waals surface area contributed by atoms with Crippen LogP contribution in [0.25, 0.3) is 0 Å². The highest BCUT2D eigenvalue weighted by Gasteiger charge is 2.28. The molecule has 10 aliphatic rings. The first-order valence-electron chi connectivity index (χ1n) is 35.4. The largest absolute Gasteiger partial charge is 0.482 e. The standard InChI is InChI=1S/C79H90O30/c1-10-90-70(80)39-99-60-31-51-25-53-33-65(104-44-75(85)95-15-6)55(35-64(53)103-43-74(84)94-14-5)27-57-38-69(108-48-79(89)109-59-22-20-19-21-23-59)58(37-68(57)107-47-78(88)98-18-9)28-56-36-66(105-45-76(86)96-16-7)54(34-67(56)106-46-77(87)97-17-8)26-52-32-62(101-41-72(82)92-12-3)50(30-63(52)102-42-73(83)93-13-4)24-49(60)29-61(51)100-40-71(81)91-11-2/h19-23,29-38H,10-18,24-28,39-48H2,1-9H3. The third kappa shape index (κ3) is 27.1. The van der Waals surface area contributed by atoms with Crippen molar-refractivity contribution in [1.29, 1.82) is 0 Å². The Balaban J connectivity index is 1.68. The Kier molecular flexibility index (Phi) is 34.2. The van der Waals surface area contributed by atoms with Crippen LogP contribution in [-0.2, 0) is 123 Å². The van der Waals surface area contributed by atoms with Crippen LogP contribution in [0.5, 0.6) is 63.2 Å². The molecule has 0 N–H and O–H groups in total. The van der Waals surface area contributed by atoms with Gasteiger partial charge in [-0.25, -0.2) is 47.9 Å². The van der Waals surface area contributed by atoms with Crippen molar-refractivity contribution in [3.05, 3.63) is 147 Å². The summed E-state index contributed by atoms with van der Waals surface area (Å²) < 4.78 is 117. The molecule has 0 saturated heterocycles. The minimum absolute atomic E-state index is 0.000147. The molecule has 30 nitrogen and oxygen atoms in total. The second kappa shape index (κ2) is 44.2. The Morgan fingerprint density at radius 2 is 0.349 bits per heavy atom. The summed E-state index contributed by atoms with van der Waals surface area (Å²) in [5, 5.41) is 0. The van der Waals surface area contributed by atoms with E-state index in [4.69, 9.17) is 94.7 Å². The third-order valence-corrected chi connectivity index (χ3v) is 15.3. The van der Waals surface area contributed by atoms with Crippen molar-refractivity contribution in [2.24, 2.45) is 0 Å². The minimum Gasteiger partial charge on any atom is -0.482 e. The highest BCUT2D eigenvalue weighted by molar-refractivity contribution is 5.77. The van der Waals surface area contributed by atoms with Crippen molar-refractivity contribution in [3.63, 3.8) is 0 Å². The second-order valence-electron chi connectivity index (χ2n) is 23.1. The lowest BCUT2D eigenvalue weighted by atomic mass is 9.94. The van der Waals surface area contributed by atoms with Gasteiger partial charge in [0.1, 0.15) is 63.2 Å². The highest BCUT2D eigenvalue weighted by Crippen LogP contribution is 2.44. The monoisotopic (exact) mass is 1520 g/mol. The van der Waals surface area contributed by atoms with Crippen molar-refractivity contribution < 1.29 is 143 Å². The molecule has 0 heterocycles. The molecule has 10 bridgehead atoms. The summed E-state index contributed by atoms with van der Waals surface area (Å²) in [7, 11) is 0. The smallest absolute Gasteiger partial charge is 0.349 e. The minimum atomic E-state index is -0.849. The molecule has 0 aromatic heterocycles. The van der Waals surface area contributed by atoms with Gasteiger partial charge in [-0.2, -0.15) is 0 Å². The summed E-state index contributed by atoms with van der Waals surface area (Å²) in [6.45, 7) is 7.46. The average Bonchev–Trinajstić information content (AvgIpc) is 1.20. The molecule has 0 aliphatic heterocycles. The number of carbonyl (C=O) groups excluding carboxylic acids is 10. The van der Waals surface area contributed by atoms with E-state index in [1.54, 1.807) is 92.6 Å². The lowest BCUT2D eigenvalue weighted by Gasteiger charge is -2.22. The van der Waals surface area contributed by atoms with Gasteiger partial charge in [0.05, 0.1) is 59.5 Å². The van der Waals surface area contributed by atoms with Crippen LogP contribution in [0.15, 0.2) is 91.0 Å². The Morgan fingerprint density at radius 1 is 0.211 bits per heavy atom. The lowest BCUT2D eigenvalue weighted by Crippen LogP contribution is -2.19. The fraction of sp³-hybridized carbons (Fsp3) is 0.418. The summed E-state index contributed by atoms with van der Waals surface area (Å²) in [5.74, 6) is -7.72. The van der Waals surface area contributed by atoms with Gasteiger partial charge >= 0.3 is 59.7 Å². The molecule has 10 aliphatic carbocycles. The van der Waals surface area contributed by atoms with Crippen LogP contribution in [-0.4, -0.2) is 185 Å².